The van der Waals surface area contributed by atoms with Gasteiger partial charge in [0.25, 0.3) is 0 Å². The van der Waals surface area contributed by atoms with Gasteiger partial charge in [-0.15, -0.1) is 0 Å². The molecule has 0 unspecified atom stereocenters. The summed E-state index contributed by atoms with van der Waals surface area (Å²) >= 11 is 3.45. The molecule has 0 aromatic carbocycles. The minimum absolute atomic E-state index is 0.832. The van der Waals surface area contributed by atoms with E-state index in [9.17, 15) is 0 Å². The van der Waals surface area contributed by atoms with Crippen molar-refractivity contribution in [2.24, 2.45) is 0 Å². The topological polar surface area (TPSA) is 29.0 Å². The van der Waals surface area contributed by atoms with Gasteiger partial charge in [0, 0.05) is 24.6 Å². The second kappa shape index (κ2) is 5.96. The molecule has 0 fully saturated rings. The molecule has 0 atom stereocenters. The number of halogens is 1. The van der Waals surface area contributed by atoms with E-state index in [-0.39, 0.29) is 0 Å². The molecule has 0 radical (unpaired) electrons. The average molecular weight is 258 g/mol. The molecule has 3 nitrogen and oxygen atoms in total. The Balaban J connectivity index is 2.75. The maximum Gasteiger partial charge on any atom is 0.132 e. The van der Waals surface area contributed by atoms with Crippen molar-refractivity contribution in [2.75, 3.05) is 23.3 Å². The Morgan fingerprint density at radius 3 is 2.79 bits per heavy atom. The van der Waals surface area contributed by atoms with Crippen molar-refractivity contribution in [3.63, 3.8) is 0 Å². The molecular weight excluding hydrogens is 242 g/mol. The summed E-state index contributed by atoms with van der Waals surface area (Å²) in [5.41, 5.74) is 0. The zero-order valence-corrected chi connectivity index (χ0v) is 10.3. The first-order chi connectivity index (χ1) is 6.77. The zero-order valence-electron chi connectivity index (χ0n) is 8.70. The summed E-state index contributed by atoms with van der Waals surface area (Å²) < 4.78 is 0. The minimum Gasteiger partial charge on any atom is -0.356 e. The third-order valence-corrected chi connectivity index (χ3v) is 2.29. The molecule has 0 saturated heterocycles. The Morgan fingerprint density at radius 1 is 1.43 bits per heavy atom. The monoisotopic (exact) mass is 257 g/mol. The van der Waals surface area contributed by atoms with Crippen LogP contribution < -0.4 is 4.90 Å². The van der Waals surface area contributed by atoms with Crippen LogP contribution in [0.2, 0.25) is 0 Å². The standard InChI is InChI=1S/C10H16BrN3/c1-3-7-14(8-5-11)10-4-6-12-9(2)13-10/h4,6H,3,5,7-8H2,1-2H3. The van der Waals surface area contributed by atoms with E-state index in [1.807, 2.05) is 19.2 Å². The molecule has 14 heavy (non-hydrogen) atoms. The number of nitrogens with zero attached hydrogens (tertiary/aromatic N) is 3. The first-order valence-electron chi connectivity index (χ1n) is 4.88. The zero-order chi connectivity index (χ0) is 10.4. The molecule has 0 aliphatic heterocycles. The molecule has 78 valence electrons. The number of alkyl halides is 1. The lowest BCUT2D eigenvalue weighted by Gasteiger charge is -2.21. The van der Waals surface area contributed by atoms with Crippen molar-refractivity contribution in [2.45, 2.75) is 20.3 Å². The van der Waals surface area contributed by atoms with Gasteiger partial charge in [-0.1, -0.05) is 22.9 Å². The van der Waals surface area contributed by atoms with Crippen LogP contribution in [0.15, 0.2) is 12.3 Å². The highest BCUT2D eigenvalue weighted by Crippen LogP contribution is 2.10. The average Bonchev–Trinajstić information content (AvgIpc) is 2.17. The molecule has 0 aliphatic carbocycles. The molecule has 0 amide bonds. The second-order valence-corrected chi connectivity index (χ2v) is 3.93. The maximum absolute atomic E-state index is 4.40. The number of hydrogen-bond acceptors (Lipinski definition) is 3. The van der Waals surface area contributed by atoms with Gasteiger partial charge in [-0.25, -0.2) is 9.97 Å². The van der Waals surface area contributed by atoms with E-state index in [0.717, 1.165) is 36.5 Å². The number of aryl methyl sites for hydroxylation is 1. The van der Waals surface area contributed by atoms with E-state index in [1.54, 1.807) is 0 Å². The molecule has 0 bridgehead atoms. The van der Waals surface area contributed by atoms with Crippen molar-refractivity contribution in [1.82, 2.24) is 9.97 Å². The summed E-state index contributed by atoms with van der Waals surface area (Å²) in [4.78, 5) is 10.8. The molecule has 1 aromatic heterocycles. The van der Waals surface area contributed by atoms with Crippen LogP contribution in [0.25, 0.3) is 0 Å². The number of anilines is 1. The molecule has 0 saturated carbocycles. The third-order valence-electron chi connectivity index (χ3n) is 1.93. The van der Waals surface area contributed by atoms with E-state index < -0.39 is 0 Å². The van der Waals surface area contributed by atoms with Crippen LogP contribution in [0.3, 0.4) is 0 Å². The first kappa shape index (κ1) is 11.4. The number of aromatic nitrogens is 2. The fraction of sp³-hybridized carbons (Fsp3) is 0.600. The Bertz CT molecular complexity index is 272. The smallest absolute Gasteiger partial charge is 0.132 e. The normalized spacial score (nSPS) is 10.2. The summed E-state index contributed by atoms with van der Waals surface area (Å²) in [5.74, 6) is 1.86. The fourth-order valence-electron chi connectivity index (χ4n) is 1.33. The van der Waals surface area contributed by atoms with Crippen LogP contribution in [-0.2, 0) is 0 Å². The van der Waals surface area contributed by atoms with Crippen LogP contribution in [-0.4, -0.2) is 28.4 Å². The predicted octanol–water partition coefficient (Wildman–Crippen LogP) is 2.40. The lowest BCUT2D eigenvalue weighted by Crippen LogP contribution is -2.27. The van der Waals surface area contributed by atoms with Crippen LogP contribution >= 0.6 is 15.9 Å². The van der Waals surface area contributed by atoms with Gasteiger partial charge >= 0.3 is 0 Å². The van der Waals surface area contributed by atoms with Crippen LogP contribution in [0.5, 0.6) is 0 Å². The molecule has 0 aliphatic rings. The third kappa shape index (κ3) is 3.25. The maximum atomic E-state index is 4.40. The van der Waals surface area contributed by atoms with E-state index >= 15 is 0 Å². The van der Waals surface area contributed by atoms with Crippen molar-refractivity contribution in [3.8, 4) is 0 Å². The lowest BCUT2D eigenvalue weighted by molar-refractivity contribution is 0.778. The van der Waals surface area contributed by atoms with Gasteiger partial charge < -0.3 is 4.90 Å². The van der Waals surface area contributed by atoms with Crippen molar-refractivity contribution >= 4 is 21.7 Å². The first-order valence-corrected chi connectivity index (χ1v) is 6.00. The highest BCUT2D eigenvalue weighted by molar-refractivity contribution is 9.09. The van der Waals surface area contributed by atoms with Crippen molar-refractivity contribution < 1.29 is 0 Å². The largest absolute Gasteiger partial charge is 0.356 e. The molecule has 1 aromatic rings. The Hall–Kier alpha value is -0.640. The molecular formula is C10H16BrN3. The van der Waals surface area contributed by atoms with E-state index in [4.69, 9.17) is 0 Å². The Labute approximate surface area is 93.7 Å². The van der Waals surface area contributed by atoms with Gasteiger partial charge in [-0.05, 0) is 19.4 Å². The van der Waals surface area contributed by atoms with Gasteiger partial charge in [-0.3, -0.25) is 0 Å². The summed E-state index contributed by atoms with van der Waals surface area (Å²) in [5, 5.41) is 0.968. The minimum atomic E-state index is 0.832. The van der Waals surface area contributed by atoms with Crippen LogP contribution in [0, 0.1) is 6.92 Å². The summed E-state index contributed by atoms with van der Waals surface area (Å²) in [6.07, 6.45) is 2.95. The van der Waals surface area contributed by atoms with Crippen molar-refractivity contribution in [1.29, 1.82) is 0 Å². The molecule has 1 heterocycles. The number of rotatable bonds is 5. The molecule has 1 rings (SSSR count). The summed E-state index contributed by atoms with van der Waals surface area (Å²) in [6.45, 7) is 6.13. The van der Waals surface area contributed by atoms with Gasteiger partial charge in [0.05, 0.1) is 0 Å². The van der Waals surface area contributed by atoms with E-state index in [1.165, 1.54) is 0 Å². The van der Waals surface area contributed by atoms with E-state index in [0.29, 0.717) is 0 Å². The number of hydrogen-bond donors (Lipinski definition) is 0. The van der Waals surface area contributed by atoms with E-state index in [2.05, 4.69) is 37.7 Å². The fourth-order valence-corrected chi connectivity index (χ4v) is 1.76. The predicted molar refractivity (Wildman–Crippen MR) is 63.1 cm³/mol. The molecule has 4 heteroatoms. The van der Waals surface area contributed by atoms with Crippen LogP contribution in [0.1, 0.15) is 19.2 Å². The molecule has 0 N–H and O–H groups in total. The molecule has 0 spiro atoms. The lowest BCUT2D eigenvalue weighted by atomic mass is 10.4. The van der Waals surface area contributed by atoms with Crippen molar-refractivity contribution in [3.05, 3.63) is 18.1 Å². The van der Waals surface area contributed by atoms with Gasteiger partial charge in [0.1, 0.15) is 11.6 Å². The van der Waals surface area contributed by atoms with Gasteiger partial charge in [0.2, 0.25) is 0 Å². The second-order valence-electron chi connectivity index (χ2n) is 3.14. The summed E-state index contributed by atoms with van der Waals surface area (Å²) in [7, 11) is 0. The SMILES string of the molecule is CCCN(CCBr)c1ccnc(C)n1. The Morgan fingerprint density at radius 2 is 2.21 bits per heavy atom. The highest BCUT2D eigenvalue weighted by Gasteiger charge is 2.05. The van der Waals surface area contributed by atoms with Gasteiger partial charge in [0.15, 0.2) is 0 Å². The highest BCUT2D eigenvalue weighted by atomic mass is 79.9. The van der Waals surface area contributed by atoms with Gasteiger partial charge in [-0.2, -0.15) is 0 Å². The Kier molecular flexibility index (Phi) is 4.87. The quantitative estimate of drug-likeness (QED) is 0.759. The van der Waals surface area contributed by atoms with Crippen LogP contribution in [0.4, 0.5) is 5.82 Å². The summed E-state index contributed by atoms with van der Waals surface area (Å²) in [6, 6.07) is 1.96.